The molecule has 7 heteroatoms. The fourth-order valence-electron chi connectivity index (χ4n) is 1.70. The van der Waals surface area contributed by atoms with Crippen LogP contribution in [0.25, 0.3) is 10.8 Å². The third kappa shape index (κ3) is 2.34. The number of nitrogens with zero attached hydrogens (tertiary/aromatic N) is 2. The van der Waals surface area contributed by atoms with Crippen molar-refractivity contribution in [1.29, 1.82) is 0 Å². The summed E-state index contributed by atoms with van der Waals surface area (Å²) in [4.78, 5) is 14.5. The van der Waals surface area contributed by atoms with Crippen molar-refractivity contribution in [1.82, 2.24) is 4.98 Å². The first-order chi connectivity index (χ1) is 8.63. The zero-order valence-corrected chi connectivity index (χ0v) is 10.0. The number of aliphatic hydroxyl groups is 1. The van der Waals surface area contributed by atoms with Gasteiger partial charge in [-0.2, -0.15) is 0 Å². The number of nitro groups is 1. The second-order valence-electron chi connectivity index (χ2n) is 3.57. The highest BCUT2D eigenvalue weighted by Crippen LogP contribution is 2.31. The number of nitro benzene ring substituents is 1. The quantitative estimate of drug-likeness (QED) is 0.504. The van der Waals surface area contributed by atoms with E-state index < -0.39 is 4.92 Å². The number of pyridine rings is 1. The molecular formula is C11H10ClN3O3. The van der Waals surface area contributed by atoms with E-state index in [0.717, 1.165) is 0 Å². The second kappa shape index (κ2) is 5.16. The second-order valence-corrected chi connectivity index (χ2v) is 3.96. The molecule has 1 aromatic carbocycles. The van der Waals surface area contributed by atoms with Gasteiger partial charge in [-0.15, -0.1) is 0 Å². The number of aliphatic hydroxyl groups excluding tert-OH is 1. The van der Waals surface area contributed by atoms with Gasteiger partial charge >= 0.3 is 0 Å². The topological polar surface area (TPSA) is 88.3 Å². The molecule has 94 valence electrons. The van der Waals surface area contributed by atoms with Crippen LogP contribution in [0.2, 0.25) is 5.15 Å². The van der Waals surface area contributed by atoms with Gasteiger partial charge in [0, 0.05) is 18.0 Å². The van der Waals surface area contributed by atoms with E-state index in [1.54, 1.807) is 12.1 Å². The van der Waals surface area contributed by atoms with E-state index in [0.29, 0.717) is 23.1 Å². The highest BCUT2D eigenvalue weighted by molar-refractivity contribution is 6.30. The van der Waals surface area contributed by atoms with Gasteiger partial charge in [-0.25, -0.2) is 4.98 Å². The van der Waals surface area contributed by atoms with Crippen LogP contribution in [-0.2, 0) is 0 Å². The van der Waals surface area contributed by atoms with Crippen molar-refractivity contribution in [3.63, 3.8) is 0 Å². The van der Waals surface area contributed by atoms with Crippen molar-refractivity contribution in [2.24, 2.45) is 0 Å². The number of nitrogens with one attached hydrogen (secondary N) is 1. The van der Waals surface area contributed by atoms with Gasteiger partial charge in [-0.1, -0.05) is 23.7 Å². The summed E-state index contributed by atoms with van der Waals surface area (Å²) in [7, 11) is 0. The lowest BCUT2D eigenvalue weighted by Crippen LogP contribution is -2.07. The molecule has 0 amide bonds. The summed E-state index contributed by atoms with van der Waals surface area (Å²) in [5.41, 5.74) is -0.0242. The molecule has 1 heterocycles. The van der Waals surface area contributed by atoms with Crippen LogP contribution in [0.1, 0.15) is 0 Å². The predicted octanol–water partition coefficient (Wildman–Crippen LogP) is 2.20. The van der Waals surface area contributed by atoms with Crippen LogP contribution in [0.5, 0.6) is 0 Å². The van der Waals surface area contributed by atoms with Crippen molar-refractivity contribution < 1.29 is 10.0 Å². The Hall–Kier alpha value is -1.92. The fourth-order valence-corrected chi connectivity index (χ4v) is 1.89. The number of non-ortho nitro benzene ring substituents is 1. The standard InChI is InChI=1S/C11H10ClN3O3/c12-10-6-8-7(11(14-10)13-4-5-16)2-1-3-9(8)15(17)18/h1-3,6,16H,4-5H2,(H,13,14). The summed E-state index contributed by atoms with van der Waals surface area (Å²) in [5.74, 6) is 0.426. The third-order valence-corrected chi connectivity index (χ3v) is 2.61. The Morgan fingerprint density at radius 2 is 2.22 bits per heavy atom. The first-order valence-electron chi connectivity index (χ1n) is 5.22. The van der Waals surface area contributed by atoms with Gasteiger partial charge in [-0.05, 0) is 6.07 Å². The Labute approximate surface area is 107 Å². The van der Waals surface area contributed by atoms with Gasteiger partial charge in [0.1, 0.15) is 11.0 Å². The van der Waals surface area contributed by atoms with Gasteiger partial charge in [0.2, 0.25) is 0 Å². The first-order valence-corrected chi connectivity index (χ1v) is 5.59. The third-order valence-electron chi connectivity index (χ3n) is 2.42. The minimum atomic E-state index is -0.464. The summed E-state index contributed by atoms with van der Waals surface area (Å²) >= 11 is 5.84. The molecule has 0 fully saturated rings. The van der Waals surface area contributed by atoms with Gasteiger partial charge in [0.05, 0.1) is 16.9 Å². The van der Waals surface area contributed by atoms with E-state index in [9.17, 15) is 10.1 Å². The molecule has 0 atom stereocenters. The summed E-state index contributed by atoms with van der Waals surface area (Å²) in [6, 6.07) is 6.17. The summed E-state index contributed by atoms with van der Waals surface area (Å²) in [6.07, 6.45) is 0. The lowest BCUT2D eigenvalue weighted by molar-refractivity contribution is -0.383. The molecule has 0 saturated carbocycles. The van der Waals surface area contributed by atoms with Crippen LogP contribution < -0.4 is 5.32 Å². The van der Waals surface area contributed by atoms with Crippen LogP contribution in [0.15, 0.2) is 24.3 Å². The number of halogens is 1. The SMILES string of the molecule is O=[N+]([O-])c1cccc2c(NCCO)nc(Cl)cc12. The van der Waals surface area contributed by atoms with E-state index in [1.807, 2.05) is 0 Å². The van der Waals surface area contributed by atoms with E-state index in [-0.39, 0.29) is 17.4 Å². The number of anilines is 1. The van der Waals surface area contributed by atoms with Crippen LogP contribution in [0, 0.1) is 10.1 Å². The lowest BCUT2D eigenvalue weighted by atomic mass is 10.1. The summed E-state index contributed by atoms with van der Waals surface area (Å²) in [6.45, 7) is 0.232. The Kier molecular flexibility index (Phi) is 3.59. The first kappa shape index (κ1) is 12.5. The molecule has 6 nitrogen and oxygen atoms in total. The zero-order valence-electron chi connectivity index (χ0n) is 9.26. The normalized spacial score (nSPS) is 10.6. The average molecular weight is 268 g/mol. The van der Waals surface area contributed by atoms with Crippen LogP contribution in [0.3, 0.4) is 0 Å². The Morgan fingerprint density at radius 3 is 2.89 bits per heavy atom. The number of hydrogen-bond donors (Lipinski definition) is 2. The number of hydrogen-bond acceptors (Lipinski definition) is 5. The molecule has 1 aromatic heterocycles. The molecule has 18 heavy (non-hydrogen) atoms. The highest BCUT2D eigenvalue weighted by Gasteiger charge is 2.15. The van der Waals surface area contributed by atoms with Crippen LogP contribution in [0.4, 0.5) is 11.5 Å². The smallest absolute Gasteiger partial charge is 0.277 e. The molecule has 2 aromatic rings. The molecule has 0 bridgehead atoms. The minimum absolute atomic E-state index is 0.0242. The van der Waals surface area contributed by atoms with Crippen molar-refractivity contribution in [2.75, 3.05) is 18.5 Å². The highest BCUT2D eigenvalue weighted by atomic mass is 35.5. The molecular weight excluding hydrogens is 258 g/mol. The number of fused-ring (bicyclic) bond motifs is 1. The molecule has 2 N–H and O–H groups in total. The number of rotatable bonds is 4. The molecule has 2 rings (SSSR count). The Bertz CT molecular complexity index is 603. The van der Waals surface area contributed by atoms with Crippen molar-refractivity contribution in [2.45, 2.75) is 0 Å². The molecule has 0 aliphatic heterocycles. The summed E-state index contributed by atoms with van der Waals surface area (Å²) in [5, 5.41) is 23.8. The van der Waals surface area contributed by atoms with Gasteiger partial charge in [0.25, 0.3) is 5.69 Å². The average Bonchev–Trinajstić information content (AvgIpc) is 2.34. The number of benzene rings is 1. The van der Waals surface area contributed by atoms with E-state index in [4.69, 9.17) is 16.7 Å². The maximum Gasteiger partial charge on any atom is 0.277 e. The lowest BCUT2D eigenvalue weighted by Gasteiger charge is -2.08. The van der Waals surface area contributed by atoms with Crippen molar-refractivity contribution >= 4 is 33.9 Å². The molecule has 0 saturated heterocycles. The van der Waals surface area contributed by atoms with E-state index in [2.05, 4.69) is 10.3 Å². The zero-order chi connectivity index (χ0) is 13.1. The van der Waals surface area contributed by atoms with Crippen LogP contribution >= 0.6 is 11.6 Å². The fraction of sp³-hybridized carbons (Fsp3) is 0.182. The molecule has 0 aliphatic carbocycles. The van der Waals surface area contributed by atoms with Gasteiger partial charge in [-0.3, -0.25) is 10.1 Å². The maximum atomic E-state index is 10.9. The van der Waals surface area contributed by atoms with Crippen LogP contribution in [-0.4, -0.2) is 28.2 Å². The van der Waals surface area contributed by atoms with Gasteiger partial charge in [0.15, 0.2) is 0 Å². The van der Waals surface area contributed by atoms with E-state index in [1.165, 1.54) is 12.1 Å². The van der Waals surface area contributed by atoms with E-state index >= 15 is 0 Å². The molecule has 0 spiro atoms. The Balaban J connectivity index is 2.65. The Morgan fingerprint density at radius 1 is 1.44 bits per heavy atom. The maximum absolute atomic E-state index is 10.9. The van der Waals surface area contributed by atoms with Crippen molar-refractivity contribution in [3.8, 4) is 0 Å². The minimum Gasteiger partial charge on any atom is -0.395 e. The van der Waals surface area contributed by atoms with Crippen molar-refractivity contribution in [3.05, 3.63) is 39.5 Å². The predicted molar refractivity (Wildman–Crippen MR) is 69.0 cm³/mol. The van der Waals surface area contributed by atoms with Gasteiger partial charge < -0.3 is 10.4 Å². The molecule has 0 unspecified atom stereocenters. The molecule has 0 aliphatic rings. The summed E-state index contributed by atoms with van der Waals surface area (Å²) < 4.78 is 0. The molecule has 0 radical (unpaired) electrons. The monoisotopic (exact) mass is 267 g/mol. The number of aromatic nitrogens is 1. The largest absolute Gasteiger partial charge is 0.395 e.